The van der Waals surface area contributed by atoms with Crippen LogP contribution in [0.3, 0.4) is 0 Å². The number of rotatable bonds is 4. The van der Waals surface area contributed by atoms with Gasteiger partial charge in [-0.3, -0.25) is 0 Å². The summed E-state index contributed by atoms with van der Waals surface area (Å²) in [6, 6.07) is 23.2. The Kier molecular flexibility index (Phi) is 5.09. The summed E-state index contributed by atoms with van der Waals surface area (Å²) in [7, 11) is -8.37. The number of aryl methyl sites for hydroxylation is 2. The van der Waals surface area contributed by atoms with Gasteiger partial charge in [0.15, 0.2) is 0 Å². The molecule has 2 aromatic heterocycles. The lowest BCUT2D eigenvalue weighted by atomic mass is 10.2. The molecule has 0 aliphatic heterocycles. The molecule has 0 saturated carbocycles. The summed E-state index contributed by atoms with van der Waals surface area (Å²) in [6.45, 7) is 3.71. The van der Waals surface area contributed by atoms with E-state index in [0.717, 1.165) is 19.1 Å². The van der Waals surface area contributed by atoms with Crippen molar-refractivity contribution in [1.82, 2.24) is 7.94 Å². The summed E-state index contributed by atoms with van der Waals surface area (Å²) in [4.78, 5) is 0.0823. The lowest BCUT2D eigenvalue weighted by Gasteiger charge is -2.10. The van der Waals surface area contributed by atoms with Crippen molar-refractivity contribution < 1.29 is 21.2 Å². The average Bonchev–Trinajstić information content (AvgIpc) is 3.37. The van der Waals surface area contributed by atoms with E-state index in [-0.39, 0.29) is 31.7 Å². The second-order valence-electron chi connectivity index (χ2n) is 9.04. The van der Waals surface area contributed by atoms with Gasteiger partial charge in [-0.1, -0.05) is 53.6 Å². The van der Waals surface area contributed by atoms with Crippen LogP contribution in [-0.2, 0) is 20.0 Å². The SMILES string of the molecule is Cc1ccc(S(=O)(=O)n2c3ccc(F)cc3c3c2c2ccccc2n3S(=O)(=O)c2ccc(C)cc2)cc1. The predicted octanol–water partition coefficient (Wildman–Crippen LogP) is 5.98. The predicted molar refractivity (Wildman–Crippen MR) is 142 cm³/mol. The molecule has 186 valence electrons. The standard InChI is InChI=1S/C28H21FN2O4S2/c1-18-7-12-21(13-8-18)36(32,33)30-25-6-4-3-5-23(25)27-28(30)24-17-20(29)11-16-26(24)31(27)37(34,35)22-14-9-19(2)10-15-22/h3-17H,1-2H3. The summed E-state index contributed by atoms with van der Waals surface area (Å²) < 4.78 is 73.0. The van der Waals surface area contributed by atoms with Crippen LogP contribution < -0.4 is 0 Å². The van der Waals surface area contributed by atoms with Gasteiger partial charge in [0.05, 0.1) is 31.9 Å². The van der Waals surface area contributed by atoms with E-state index in [2.05, 4.69) is 0 Å². The number of hydrogen-bond donors (Lipinski definition) is 0. The molecule has 6 aromatic rings. The molecule has 2 heterocycles. The fraction of sp³-hybridized carbons (Fsp3) is 0.0714. The van der Waals surface area contributed by atoms with E-state index in [1.54, 1.807) is 48.5 Å². The molecule has 4 aromatic carbocycles. The number of aromatic nitrogens is 2. The molecule has 0 aliphatic rings. The van der Waals surface area contributed by atoms with Gasteiger partial charge < -0.3 is 0 Å². The average molecular weight is 533 g/mol. The van der Waals surface area contributed by atoms with Crippen LogP contribution in [0.4, 0.5) is 4.39 Å². The molecule has 0 atom stereocenters. The smallest absolute Gasteiger partial charge is 0.231 e. The second kappa shape index (κ2) is 8.03. The van der Waals surface area contributed by atoms with Crippen LogP contribution in [0.1, 0.15) is 11.1 Å². The lowest BCUT2D eigenvalue weighted by molar-refractivity contribution is 0.588. The Bertz CT molecular complexity index is 2000. The van der Waals surface area contributed by atoms with Gasteiger partial charge in [0.2, 0.25) is 0 Å². The summed E-state index contributed by atoms with van der Waals surface area (Å²) in [5, 5.41) is 0.595. The molecule has 37 heavy (non-hydrogen) atoms. The van der Waals surface area contributed by atoms with Crippen molar-refractivity contribution in [3.8, 4) is 0 Å². The molecule has 6 rings (SSSR count). The first-order valence-corrected chi connectivity index (χ1v) is 14.4. The summed E-state index contributed by atoms with van der Waals surface area (Å²) in [5.74, 6) is -0.608. The van der Waals surface area contributed by atoms with Gasteiger partial charge in [0.25, 0.3) is 20.0 Å². The van der Waals surface area contributed by atoms with Crippen LogP contribution in [0, 0.1) is 19.7 Å². The monoisotopic (exact) mass is 532 g/mol. The Labute approximate surface area is 213 Å². The Morgan fingerprint density at radius 3 is 1.57 bits per heavy atom. The second-order valence-corrected chi connectivity index (χ2v) is 12.6. The third-order valence-corrected chi connectivity index (χ3v) is 10.0. The topological polar surface area (TPSA) is 78.1 Å². The highest BCUT2D eigenvalue weighted by atomic mass is 32.2. The molecular weight excluding hydrogens is 511 g/mol. The van der Waals surface area contributed by atoms with Crippen molar-refractivity contribution in [3.05, 3.63) is 108 Å². The Morgan fingerprint density at radius 2 is 1.03 bits per heavy atom. The van der Waals surface area contributed by atoms with Gasteiger partial charge in [-0.25, -0.2) is 29.2 Å². The van der Waals surface area contributed by atoms with Crippen LogP contribution in [0.15, 0.2) is 101 Å². The zero-order valence-corrected chi connectivity index (χ0v) is 21.5. The van der Waals surface area contributed by atoms with Crippen molar-refractivity contribution in [2.24, 2.45) is 0 Å². The number of para-hydroxylation sites is 1. The van der Waals surface area contributed by atoms with Gasteiger partial charge in [-0.05, 0) is 62.4 Å². The first-order chi connectivity index (χ1) is 17.6. The maximum absolute atomic E-state index is 14.6. The minimum atomic E-state index is -4.19. The van der Waals surface area contributed by atoms with E-state index < -0.39 is 25.9 Å². The van der Waals surface area contributed by atoms with E-state index >= 15 is 0 Å². The number of nitrogens with zero attached hydrogens (tertiary/aromatic N) is 2. The highest BCUT2D eigenvalue weighted by Crippen LogP contribution is 2.41. The largest absolute Gasteiger partial charge is 0.268 e. The van der Waals surface area contributed by atoms with Crippen LogP contribution >= 0.6 is 0 Å². The fourth-order valence-electron chi connectivity index (χ4n) is 4.76. The van der Waals surface area contributed by atoms with Crippen molar-refractivity contribution >= 4 is 52.9 Å². The number of fused-ring (bicyclic) bond motifs is 5. The molecule has 0 aliphatic carbocycles. The Hall–Kier alpha value is -3.95. The van der Waals surface area contributed by atoms with E-state index in [0.29, 0.717) is 10.9 Å². The molecule has 6 nitrogen and oxygen atoms in total. The van der Waals surface area contributed by atoms with Gasteiger partial charge in [0, 0.05) is 10.8 Å². The van der Waals surface area contributed by atoms with Crippen LogP contribution in [0.5, 0.6) is 0 Å². The lowest BCUT2D eigenvalue weighted by Crippen LogP contribution is -2.13. The minimum absolute atomic E-state index is 0.0412. The zero-order chi connectivity index (χ0) is 26.1. The van der Waals surface area contributed by atoms with Gasteiger partial charge in [-0.2, -0.15) is 0 Å². The summed E-state index contributed by atoms with van der Waals surface area (Å²) >= 11 is 0. The molecule has 0 radical (unpaired) electrons. The zero-order valence-electron chi connectivity index (χ0n) is 19.9. The molecule has 0 fully saturated rings. The molecular formula is C28H21FN2O4S2. The van der Waals surface area contributed by atoms with Crippen LogP contribution in [-0.4, -0.2) is 24.8 Å². The highest BCUT2D eigenvalue weighted by Gasteiger charge is 2.32. The maximum atomic E-state index is 14.6. The molecule has 0 saturated heterocycles. The maximum Gasteiger partial charge on any atom is 0.268 e. The first-order valence-electron chi connectivity index (χ1n) is 11.5. The Balaban J connectivity index is 1.83. The van der Waals surface area contributed by atoms with E-state index in [1.165, 1.54) is 42.5 Å². The van der Waals surface area contributed by atoms with Gasteiger partial charge in [0.1, 0.15) is 5.82 Å². The normalized spacial score (nSPS) is 12.6. The van der Waals surface area contributed by atoms with E-state index in [9.17, 15) is 21.2 Å². The van der Waals surface area contributed by atoms with Crippen molar-refractivity contribution in [3.63, 3.8) is 0 Å². The number of hydrogen-bond acceptors (Lipinski definition) is 4. The van der Waals surface area contributed by atoms with Crippen LogP contribution in [0.25, 0.3) is 32.8 Å². The molecule has 9 heteroatoms. The number of halogens is 1. The highest BCUT2D eigenvalue weighted by molar-refractivity contribution is 7.91. The quantitative estimate of drug-likeness (QED) is 0.280. The third-order valence-electron chi connectivity index (χ3n) is 6.56. The van der Waals surface area contributed by atoms with Crippen LogP contribution in [0.2, 0.25) is 0 Å². The minimum Gasteiger partial charge on any atom is -0.231 e. The molecule has 0 amide bonds. The number of benzene rings is 4. The third kappa shape index (κ3) is 3.42. The van der Waals surface area contributed by atoms with E-state index in [1.807, 2.05) is 13.8 Å². The van der Waals surface area contributed by atoms with E-state index in [4.69, 9.17) is 0 Å². The Morgan fingerprint density at radius 1 is 0.568 bits per heavy atom. The molecule has 0 N–H and O–H groups in total. The van der Waals surface area contributed by atoms with Gasteiger partial charge in [-0.15, -0.1) is 0 Å². The van der Waals surface area contributed by atoms with Crippen molar-refractivity contribution in [2.45, 2.75) is 23.6 Å². The summed E-state index contributed by atoms with van der Waals surface area (Å²) in [6.07, 6.45) is 0. The van der Waals surface area contributed by atoms with Gasteiger partial charge >= 0.3 is 0 Å². The fourth-order valence-corrected chi connectivity index (χ4v) is 7.83. The van der Waals surface area contributed by atoms with Crippen molar-refractivity contribution in [1.29, 1.82) is 0 Å². The summed E-state index contributed by atoms with van der Waals surface area (Å²) in [5.41, 5.74) is 2.55. The molecule has 0 unspecified atom stereocenters. The molecule has 0 spiro atoms. The van der Waals surface area contributed by atoms with Crippen molar-refractivity contribution in [2.75, 3.05) is 0 Å². The molecule has 0 bridgehead atoms. The first kappa shape index (κ1) is 23.4.